The Bertz CT molecular complexity index is 583. The van der Waals surface area contributed by atoms with E-state index < -0.39 is 0 Å². The van der Waals surface area contributed by atoms with E-state index in [0.717, 1.165) is 23.6 Å². The lowest BCUT2D eigenvalue weighted by atomic mass is 10.1. The lowest BCUT2D eigenvalue weighted by Gasteiger charge is -2.12. The summed E-state index contributed by atoms with van der Waals surface area (Å²) in [5.74, 6) is 1.59. The summed E-state index contributed by atoms with van der Waals surface area (Å²) in [5.41, 5.74) is 0.960. The van der Waals surface area contributed by atoms with Gasteiger partial charge in [-0.15, -0.1) is 0 Å². The van der Waals surface area contributed by atoms with Gasteiger partial charge in [0.25, 0.3) is 0 Å². The fourth-order valence-electron chi connectivity index (χ4n) is 2.03. The van der Waals surface area contributed by atoms with Crippen molar-refractivity contribution in [3.05, 3.63) is 46.1 Å². The molecule has 2 rings (SSSR count). The largest absolute Gasteiger partial charge is 0.497 e. The van der Waals surface area contributed by atoms with Gasteiger partial charge in [-0.2, -0.15) is 5.10 Å². The van der Waals surface area contributed by atoms with Crippen molar-refractivity contribution in [2.75, 3.05) is 7.11 Å². The van der Waals surface area contributed by atoms with Crippen molar-refractivity contribution in [2.24, 2.45) is 0 Å². The molecule has 1 aromatic carbocycles. The summed E-state index contributed by atoms with van der Waals surface area (Å²) in [6.07, 6.45) is 1.53. The first kappa shape index (κ1) is 13.4. The molecule has 5 nitrogen and oxygen atoms in total. The predicted octanol–water partition coefficient (Wildman–Crippen LogP) is 2.14. The summed E-state index contributed by atoms with van der Waals surface area (Å²) < 4.78 is 6.85. The molecule has 19 heavy (non-hydrogen) atoms. The van der Waals surface area contributed by atoms with Crippen molar-refractivity contribution in [3.63, 3.8) is 0 Å². The molecule has 0 amide bonds. The summed E-state index contributed by atoms with van der Waals surface area (Å²) >= 11 is 0. The zero-order valence-electron chi connectivity index (χ0n) is 11.5. The second-order valence-electron chi connectivity index (χ2n) is 4.60. The SMILES string of the molecule is CC[C@@H](C)n1c(Cc2ccc(OC)cc2)n[nH]c1=O. The Kier molecular flexibility index (Phi) is 4.04. The lowest BCUT2D eigenvalue weighted by molar-refractivity contribution is 0.414. The standard InChI is InChI=1S/C14H19N3O2/c1-4-10(2)17-13(15-16-14(17)18)9-11-5-7-12(19-3)8-6-11/h5-8,10H,4,9H2,1-3H3,(H,16,18)/t10-/m1/s1. The molecule has 1 heterocycles. The molecule has 0 unspecified atom stereocenters. The Morgan fingerprint density at radius 1 is 1.37 bits per heavy atom. The molecule has 0 fully saturated rings. The molecule has 0 saturated carbocycles. The fourth-order valence-corrected chi connectivity index (χ4v) is 2.03. The average Bonchev–Trinajstić information content (AvgIpc) is 2.80. The number of H-pyrrole nitrogens is 1. The zero-order chi connectivity index (χ0) is 13.8. The monoisotopic (exact) mass is 261 g/mol. The Labute approximate surface area is 112 Å². The number of hydrogen-bond acceptors (Lipinski definition) is 3. The van der Waals surface area contributed by atoms with Gasteiger partial charge < -0.3 is 4.74 Å². The summed E-state index contributed by atoms with van der Waals surface area (Å²) in [6, 6.07) is 7.94. The number of hydrogen-bond donors (Lipinski definition) is 1. The van der Waals surface area contributed by atoms with Gasteiger partial charge in [-0.1, -0.05) is 19.1 Å². The number of nitrogens with zero attached hydrogens (tertiary/aromatic N) is 2. The third-order valence-corrected chi connectivity index (χ3v) is 3.33. The van der Waals surface area contributed by atoms with Gasteiger partial charge in [-0.3, -0.25) is 4.57 Å². The van der Waals surface area contributed by atoms with Crippen LogP contribution in [0.15, 0.2) is 29.1 Å². The first-order valence-corrected chi connectivity index (χ1v) is 6.44. The molecule has 102 valence electrons. The highest BCUT2D eigenvalue weighted by atomic mass is 16.5. The minimum absolute atomic E-state index is 0.141. The van der Waals surface area contributed by atoms with Crippen molar-refractivity contribution < 1.29 is 4.74 Å². The number of methoxy groups -OCH3 is 1. The van der Waals surface area contributed by atoms with Crippen LogP contribution in [-0.2, 0) is 6.42 Å². The molecule has 1 atom stereocenters. The zero-order valence-corrected chi connectivity index (χ0v) is 11.5. The van der Waals surface area contributed by atoms with E-state index in [0.29, 0.717) is 6.42 Å². The van der Waals surface area contributed by atoms with Crippen LogP contribution in [0.1, 0.15) is 37.7 Å². The maximum atomic E-state index is 11.8. The molecule has 0 bridgehead atoms. The second kappa shape index (κ2) is 5.73. The Morgan fingerprint density at radius 3 is 2.63 bits per heavy atom. The van der Waals surface area contributed by atoms with Gasteiger partial charge in [0.05, 0.1) is 7.11 Å². The van der Waals surface area contributed by atoms with Gasteiger partial charge >= 0.3 is 5.69 Å². The highest BCUT2D eigenvalue weighted by Gasteiger charge is 2.13. The first-order chi connectivity index (χ1) is 9.15. The smallest absolute Gasteiger partial charge is 0.343 e. The van der Waals surface area contributed by atoms with Crippen molar-refractivity contribution >= 4 is 0 Å². The van der Waals surface area contributed by atoms with Gasteiger partial charge in [0, 0.05) is 12.5 Å². The molecule has 0 aliphatic carbocycles. The highest BCUT2D eigenvalue weighted by Crippen LogP contribution is 2.15. The Morgan fingerprint density at radius 2 is 2.05 bits per heavy atom. The number of benzene rings is 1. The van der Waals surface area contributed by atoms with Crippen LogP contribution in [-0.4, -0.2) is 21.9 Å². The molecule has 1 aromatic heterocycles. The minimum Gasteiger partial charge on any atom is -0.497 e. The molecular weight excluding hydrogens is 242 g/mol. The van der Waals surface area contributed by atoms with E-state index in [2.05, 4.69) is 17.1 Å². The average molecular weight is 261 g/mol. The predicted molar refractivity (Wildman–Crippen MR) is 73.6 cm³/mol. The van der Waals surface area contributed by atoms with Crippen LogP contribution in [0.25, 0.3) is 0 Å². The van der Waals surface area contributed by atoms with Gasteiger partial charge in [-0.05, 0) is 31.0 Å². The molecule has 1 N–H and O–H groups in total. The molecule has 0 saturated heterocycles. The Hall–Kier alpha value is -2.04. The van der Waals surface area contributed by atoms with Crippen LogP contribution in [0.4, 0.5) is 0 Å². The molecule has 5 heteroatoms. The number of ether oxygens (including phenoxy) is 1. The van der Waals surface area contributed by atoms with Crippen LogP contribution in [0, 0.1) is 0 Å². The summed E-state index contributed by atoms with van der Waals surface area (Å²) in [4.78, 5) is 11.8. The number of rotatable bonds is 5. The lowest BCUT2D eigenvalue weighted by Crippen LogP contribution is -2.22. The third kappa shape index (κ3) is 2.86. The highest BCUT2D eigenvalue weighted by molar-refractivity contribution is 5.28. The van der Waals surface area contributed by atoms with Gasteiger partial charge in [0.2, 0.25) is 0 Å². The second-order valence-corrected chi connectivity index (χ2v) is 4.60. The van der Waals surface area contributed by atoms with Crippen molar-refractivity contribution in [3.8, 4) is 5.75 Å². The van der Waals surface area contributed by atoms with Gasteiger partial charge in [0.1, 0.15) is 11.6 Å². The van der Waals surface area contributed by atoms with Crippen molar-refractivity contribution in [1.82, 2.24) is 14.8 Å². The quantitative estimate of drug-likeness (QED) is 0.897. The molecule has 0 radical (unpaired) electrons. The van der Waals surface area contributed by atoms with Crippen LogP contribution in [0.5, 0.6) is 5.75 Å². The van der Waals surface area contributed by atoms with Crippen molar-refractivity contribution in [2.45, 2.75) is 32.7 Å². The van der Waals surface area contributed by atoms with Crippen LogP contribution < -0.4 is 10.4 Å². The van der Waals surface area contributed by atoms with E-state index in [1.54, 1.807) is 11.7 Å². The molecular formula is C14H19N3O2. The molecule has 0 aliphatic heterocycles. The van der Waals surface area contributed by atoms with Crippen molar-refractivity contribution in [1.29, 1.82) is 0 Å². The number of aromatic nitrogens is 3. The van der Waals surface area contributed by atoms with E-state index in [1.807, 2.05) is 31.2 Å². The summed E-state index contributed by atoms with van der Waals surface area (Å²) in [6.45, 7) is 4.08. The summed E-state index contributed by atoms with van der Waals surface area (Å²) in [7, 11) is 1.64. The van der Waals surface area contributed by atoms with E-state index in [1.165, 1.54) is 0 Å². The van der Waals surface area contributed by atoms with Gasteiger partial charge in [-0.25, -0.2) is 9.89 Å². The maximum absolute atomic E-state index is 11.8. The van der Waals surface area contributed by atoms with Crippen LogP contribution in [0.2, 0.25) is 0 Å². The first-order valence-electron chi connectivity index (χ1n) is 6.44. The normalized spacial score (nSPS) is 12.4. The minimum atomic E-state index is -0.141. The molecule has 0 spiro atoms. The van der Waals surface area contributed by atoms with Gasteiger partial charge in [0.15, 0.2) is 0 Å². The third-order valence-electron chi connectivity index (χ3n) is 3.33. The summed E-state index contributed by atoms with van der Waals surface area (Å²) in [5, 5.41) is 6.64. The Balaban J connectivity index is 2.25. The van der Waals surface area contributed by atoms with E-state index in [9.17, 15) is 4.79 Å². The maximum Gasteiger partial charge on any atom is 0.343 e. The number of aromatic amines is 1. The topological polar surface area (TPSA) is 59.9 Å². The van der Waals surface area contributed by atoms with Crippen LogP contribution >= 0.6 is 0 Å². The van der Waals surface area contributed by atoms with E-state index in [-0.39, 0.29) is 11.7 Å². The molecule has 0 aliphatic rings. The van der Waals surface area contributed by atoms with Crippen LogP contribution in [0.3, 0.4) is 0 Å². The van der Waals surface area contributed by atoms with E-state index >= 15 is 0 Å². The van der Waals surface area contributed by atoms with E-state index in [4.69, 9.17) is 4.74 Å². The number of nitrogens with one attached hydrogen (secondary N) is 1. The molecule has 2 aromatic rings. The fraction of sp³-hybridized carbons (Fsp3) is 0.429.